The lowest BCUT2D eigenvalue weighted by atomic mass is 9.92. The Hall–Kier alpha value is -2.67. The molecule has 1 aliphatic heterocycles. The number of nitrogens with one attached hydrogen (secondary N) is 3. The summed E-state index contributed by atoms with van der Waals surface area (Å²) < 4.78 is 0. The highest BCUT2D eigenvalue weighted by molar-refractivity contribution is 7.12. The first-order chi connectivity index (χ1) is 11.4. The SMILES string of the molecule is Cc1ccc(CC(=O)Nc2cccc(C3(C)NC(=O)NC3=O)c2)s1. The molecule has 3 rings (SSSR count). The summed E-state index contributed by atoms with van der Waals surface area (Å²) >= 11 is 1.59. The van der Waals surface area contributed by atoms with Crippen LogP contribution in [0.1, 0.15) is 22.2 Å². The van der Waals surface area contributed by atoms with Gasteiger partial charge in [0.25, 0.3) is 5.91 Å². The number of hydrogen-bond donors (Lipinski definition) is 3. The number of hydrogen-bond acceptors (Lipinski definition) is 4. The van der Waals surface area contributed by atoms with E-state index >= 15 is 0 Å². The molecule has 0 spiro atoms. The Kier molecular flexibility index (Phi) is 4.11. The monoisotopic (exact) mass is 343 g/mol. The maximum absolute atomic E-state index is 12.2. The van der Waals surface area contributed by atoms with E-state index in [0.29, 0.717) is 17.7 Å². The van der Waals surface area contributed by atoms with E-state index in [-0.39, 0.29) is 5.91 Å². The van der Waals surface area contributed by atoms with Gasteiger partial charge in [-0.25, -0.2) is 4.79 Å². The molecule has 1 aromatic carbocycles. The van der Waals surface area contributed by atoms with Crippen molar-refractivity contribution in [2.45, 2.75) is 25.8 Å². The van der Waals surface area contributed by atoms with E-state index in [1.54, 1.807) is 42.5 Å². The van der Waals surface area contributed by atoms with Crippen LogP contribution >= 0.6 is 11.3 Å². The number of carbonyl (C=O) groups excluding carboxylic acids is 3. The third kappa shape index (κ3) is 3.16. The summed E-state index contributed by atoms with van der Waals surface area (Å²) in [4.78, 5) is 37.7. The number of rotatable bonds is 4. The van der Waals surface area contributed by atoms with Gasteiger partial charge in [0, 0.05) is 15.4 Å². The molecule has 0 saturated carbocycles. The number of urea groups is 1. The lowest BCUT2D eigenvalue weighted by molar-refractivity contribution is -0.123. The molecule has 2 heterocycles. The first-order valence-corrected chi connectivity index (χ1v) is 8.28. The van der Waals surface area contributed by atoms with E-state index in [1.165, 1.54) is 0 Å². The molecule has 1 atom stereocenters. The second-order valence-electron chi connectivity index (χ2n) is 5.85. The van der Waals surface area contributed by atoms with Crippen LogP contribution in [0.4, 0.5) is 10.5 Å². The Balaban J connectivity index is 1.75. The number of anilines is 1. The molecule has 3 N–H and O–H groups in total. The summed E-state index contributed by atoms with van der Waals surface area (Å²) in [5.74, 6) is -0.538. The summed E-state index contributed by atoms with van der Waals surface area (Å²) in [6.07, 6.45) is 0.303. The zero-order valence-electron chi connectivity index (χ0n) is 13.3. The number of carbonyl (C=O) groups is 3. The summed E-state index contributed by atoms with van der Waals surface area (Å²) in [6.45, 7) is 3.62. The van der Waals surface area contributed by atoms with E-state index < -0.39 is 17.5 Å². The molecule has 1 aliphatic rings. The maximum Gasteiger partial charge on any atom is 0.322 e. The standard InChI is InChI=1S/C17H17N3O3S/c1-10-6-7-13(24-10)9-14(21)18-12-5-3-4-11(8-12)17(2)15(22)19-16(23)20-17/h3-8H,9H2,1-2H3,(H,18,21)(H2,19,20,22,23). The van der Waals surface area contributed by atoms with Crippen LogP contribution in [0.3, 0.4) is 0 Å². The molecule has 7 heteroatoms. The molecule has 1 aromatic heterocycles. The van der Waals surface area contributed by atoms with Crippen molar-refractivity contribution < 1.29 is 14.4 Å². The van der Waals surface area contributed by atoms with Gasteiger partial charge in [-0.15, -0.1) is 11.3 Å². The van der Waals surface area contributed by atoms with Gasteiger partial charge in [-0.05, 0) is 43.7 Å². The first-order valence-electron chi connectivity index (χ1n) is 7.46. The summed E-state index contributed by atoms with van der Waals surface area (Å²) in [5, 5.41) is 7.67. The third-order valence-corrected chi connectivity index (χ3v) is 4.90. The van der Waals surface area contributed by atoms with Gasteiger partial charge >= 0.3 is 6.03 Å². The Morgan fingerprint density at radius 3 is 2.67 bits per heavy atom. The molecule has 0 radical (unpaired) electrons. The van der Waals surface area contributed by atoms with E-state index in [2.05, 4.69) is 16.0 Å². The van der Waals surface area contributed by atoms with Crippen molar-refractivity contribution in [2.24, 2.45) is 0 Å². The van der Waals surface area contributed by atoms with Gasteiger partial charge in [-0.3, -0.25) is 14.9 Å². The van der Waals surface area contributed by atoms with Crippen molar-refractivity contribution >= 4 is 34.9 Å². The molecule has 4 amide bonds. The van der Waals surface area contributed by atoms with Crippen LogP contribution in [0.15, 0.2) is 36.4 Å². The van der Waals surface area contributed by atoms with E-state index in [9.17, 15) is 14.4 Å². The van der Waals surface area contributed by atoms with Crippen LogP contribution in [0.25, 0.3) is 0 Å². The van der Waals surface area contributed by atoms with Crippen LogP contribution < -0.4 is 16.0 Å². The number of thiophene rings is 1. The van der Waals surface area contributed by atoms with Crippen LogP contribution in [-0.2, 0) is 21.5 Å². The maximum atomic E-state index is 12.2. The number of imide groups is 1. The zero-order chi connectivity index (χ0) is 17.3. The van der Waals surface area contributed by atoms with Crippen LogP contribution in [0.5, 0.6) is 0 Å². The molecule has 1 fully saturated rings. The second-order valence-corrected chi connectivity index (χ2v) is 7.22. The molecule has 0 aliphatic carbocycles. The smallest absolute Gasteiger partial charge is 0.322 e. The Bertz CT molecular complexity index is 830. The van der Waals surface area contributed by atoms with Gasteiger partial charge in [-0.2, -0.15) is 0 Å². The van der Waals surface area contributed by atoms with Crippen LogP contribution in [0.2, 0.25) is 0 Å². The molecule has 1 saturated heterocycles. The van der Waals surface area contributed by atoms with Gasteiger partial charge < -0.3 is 10.6 Å². The normalized spacial score (nSPS) is 19.8. The van der Waals surface area contributed by atoms with E-state index in [1.807, 2.05) is 19.1 Å². The minimum atomic E-state index is -1.14. The van der Waals surface area contributed by atoms with Crippen molar-refractivity contribution in [1.29, 1.82) is 0 Å². The van der Waals surface area contributed by atoms with Crippen LogP contribution in [-0.4, -0.2) is 17.8 Å². The fourth-order valence-electron chi connectivity index (χ4n) is 2.60. The number of amides is 4. The van der Waals surface area contributed by atoms with Crippen molar-refractivity contribution in [3.05, 3.63) is 51.7 Å². The largest absolute Gasteiger partial charge is 0.326 e. The van der Waals surface area contributed by atoms with Gasteiger partial charge in [0.05, 0.1) is 6.42 Å². The van der Waals surface area contributed by atoms with Crippen molar-refractivity contribution in [3.8, 4) is 0 Å². The average Bonchev–Trinajstić information content (AvgIpc) is 3.03. The molecule has 24 heavy (non-hydrogen) atoms. The predicted octanol–water partition coefficient (Wildman–Crippen LogP) is 2.29. The average molecular weight is 343 g/mol. The Morgan fingerprint density at radius 2 is 2.04 bits per heavy atom. The van der Waals surface area contributed by atoms with Crippen LogP contribution in [0, 0.1) is 6.92 Å². The molecular formula is C17H17N3O3S. The number of aryl methyl sites for hydroxylation is 1. The van der Waals surface area contributed by atoms with Gasteiger partial charge in [0.15, 0.2) is 0 Å². The highest BCUT2D eigenvalue weighted by Gasteiger charge is 2.43. The highest BCUT2D eigenvalue weighted by atomic mass is 32.1. The van der Waals surface area contributed by atoms with E-state index in [0.717, 1.165) is 9.75 Å². The van der Waals surface area contributed by atoms with Gasteiger partial charge in [-0.1, -0.05) is 12.1 Å². The molecule has 0 bridgehead atoms. The fourth-order valence-corrected chi connectivity index (χ4v) is 3.49. The summed E-state index contributed by atoms with van der Waals surface area (Å²) in [7, 11) is 0. The van der Waals surface area contributed by atoms with Gasteiger partial charge in [0.1, 0.15) is 5.54 Å². The lowest BCUT2D eigenvalue weighted by Gasteiger charge is -2.21. The zero-order valence-corrected chi connectivity index (χ0v) is 14.1. The Labute approximate surface area is 143 Å². The second kappa shape index (κ2) is 6.09. The van der Waals surface area contributed by atoms with Crippen molar-refractivity contribution in [1.82, 2.24) is 10.6 Å². The molecule has 124 valence electrons. The Morgan fingerprint density at radius 1 is 1.25 bits per heavy atom. The minimum Gasteiger partial charge on any atom is -0.326 e. The van der Waals surface area contributed by atoms with E-state index in [4.69, 9.17) is 0 Å². The first kappa shape index (κ1) is 16.2. The molecule has 1 unspecified atom stereocenters. The fraction of sp³-hybridized carbons (Fsp3) is 0.235. The minimum absolute atomic E-state index is 0.126. The third-order valence-electron chi connectivity index (χ3n) is 3.90. The lowest BCUT2D eigenvalue weighted by Crippen LogP contribution is -2.40. The van der Waals surface area contributed by atoms with Crippen molar-refractivity contribution in [3.63, 3.8) is 0 Å². The quantitative estimate of drug-likeness (QED) is 0.744. The summed E-state index contributed by atoms with van der Waals surface area (Å²) in [6, 6.07) is 10.3. The summed E-state index contributed by atoms with van der Waals surface area (Å²) in [5.41, 5.74) is 0.0550. The van der Waals surface area contributed by atoms with Gasteiger partial charge in [0.2, 0.25) is 5.91 Å². The van der Waals surface area contributed by atoms with Crippen molar-refractivity contribution in [2.75, 3.05) is 5.32 Å². The molecule has 2 aromatic rings. The predicted molar refractivity (Wildman–Crippen MR) is 91.9 cm³/mol. The highest BCUT2D eigenvalue weighted by Crippen LogP contribution is 2.26. The topological polar surface area (TPSA) is 87.3 Å². The number of benzene rings is 1. The molecule has 6 nitrogen and oxygen atoms in total. The molecular weight excluding hydrogens is 326 g/mol.